The molecule has 0 aromatic heterocycles. The third-order valence-corrected chi connectivity index (χ3v) is 13.6. The summed E-state index contributed by atoms with van der Waals surface area (Å²) in [5.74, 6) is 0. The minimum Gasteiger partial charge on any atom is -0.0786 e. The van der Waals surface area contributed by atoms with Crippen molar-refractivity contribution in [2.75, 3.05) is 0 Å². The Labute approximate surface area is 111 Å². The summed E-state index contributed by atoms with van der Waals surface area (Å²) < 4.78 is 0. The van der Waals surface area contributed by atoms with E-state index in [1.54, 1.807) is 0 Å². The molecule has 0 aromatic carbocycles. The number of hydrogen-bond acceptors (Lipinski definition) is 6. The van der Waals surface area contributed by atoms with Gasteiger partial charge in [-0.15, -0.1) is 0 Å². The van der Waals surface area contributed by atoms with Crippen LogP contribution in [-0.2, 0) is 0 Å². The summed E-state index contributed by atoms with van der Waals surface area (Å²) in [7, 11) is 11.5. The Morgan fingerprint density at radius 2 is 1.07 bits per heavy atom. The first-order valence-corrected chi connectivity index (χ1v) is 12.3. The summed E-state index contributed by atoms with van der Waals surface area (Å²) in [6.45, 7) is 9.04. The van der Waals surface area contributed by atoms with Crippen LogP contribution < -0.4 is 0 Å². The molecule has 0 aliphatic heterocycles. The molecule has 0 rings (SSSR count). The summed E-state index contributed by atoms with van der Waals surface area (Å²) in [5, 5.41) is 1.56. The smallest absolute Gasteiger partial charge is 0.0129 e. The van der Waals surface area contributed by atoms with Crippen LogP contribution >= 0.6 is 60.9 Å². The van der Waals surface area contributed by atoms with Gasteiger partial charge in [0.05, 0.1) is 0 Å². The van der Waals surface area contributed by atoms with E-state index in [1.165, 1.54) is 12.8 Å². The fourth-order valence-corrected chi connectivity index (χ4v) is 13.0. The van der Waals surface area contributed by atoms with E-state index in [-0.39, 0.29) is 0 Å². The molecule has 0 aromatic rings. The van der Waals surface area contributed by atoms with Crippen LogP contribution in [0.3, 0.4) is 0 Å². The van der Waals surface area contributed by atoms with E-state index in [9.17, 15) is 0 Å². The quantitative estimate of drug-likeness (QED) is 0.347. The molecule has 2 unspecified atom stereocenters. The van der Waals surface area contributed by atoms with Crippen molar-refractivity contribution in [2.24, 2.45) is 0 Å². The lowest BCUT2D eigenvalue weighted by Gasteiger charge is -2.06. The monoisotopic (exact) mass is 306 g/mol. The summed E-state index contributed by atoms with van der Waals surface area (Å²) in [6.07, 6.45) is 2.52. The second kappa shape index (κ2) is 11.6. The van der Waals surface area contributed by atoms with E-state index in [0.29, 0.717) is 0 Å². The highest BCUT2D eigenvalue weighted by Gasteiger charge is 2.02. The minimum atomic E-state index is 0.778. The van der Waals surface area contributed by atoms with Crippen molar-refractivity contribution in [3.63, 3.8) is 0 Å². The van der Waals surface area contributed by atoms with Gasteiger partial charge in [-0.1, -0.05) is 49.3 Å². The van der Waals surface area contributed by atoms with E-state index in [2.05, 4.69) is 27.7 Å². The van der Waals surface area contributed by atoms with E-state index < -0.39 is 0 Å². The zero-order valence-electron chi connectivity index (χ0n) is 9.02. The molecule has 6 heteroatoms. The molecule has 0 spiro atoms. The van der Waals surface area contributed by atoms with Crippen LogP contribution in [0, 0.1) is 0 Å². The van der Waals surface area contributed by atoms with Gasteiger partial charge in [-0.2, -0.15) is 0 Å². The average Bonchev–Trinajstić information content (AvgIpc) is 2.22. The maximum atomic E-state index is 2.28. The van der Waals surface area contributed by atoms with Gasteiger partial charge >= 0.3 is 0 Å². The molecule has 0 amide bonds. The Morgan fingerprint density at radius 1 is 0.714 bits per heavy atom. The van der Waals surface area contributed by atoms with E-state index in [1.807, 2.05) is 60.9 Å². The summed E-state index contributed by atoms with van der Waals surface area (Å²) in [4.78, 5) is 0. The van der Waals surface area contributed by atoms with Crippen molar-refractivity contribution < 1.29 is 0 Å². The fourth-order valence-electron chi connectivity index (χ4n) is 0.325. The van der Waals surface area contributed by atoms with Crippen LogP contribution in [-0.4, -0.2) is 10.5 Å². The highest BCUT2D eigenvalue weighted by Crippen LogP contribution is 2.54. The van der Waals surface area contributed by atoms with Crippen molar-refractivity contribution >= 4 is 60.9 Å². The van der Waals surface area contributed by atoms with Gasteiger partial charge in [0, 0.05) is 10.5 Å². The maximum Gasteiger partial charge on any atom is 0.0129 e. The van der Waals surface area contributed by atoms with E-state index >= 15 is 0 Å². The van der Waals surface area contributed by atoms with E-state index in [4.69, 9.17) is 0 Å². The molecule has 0 saturated carbocycles. The number of rotatable bonds is 9. The van der Waals surface area contributed by atoms with Crippen LogP contribution in [0.1, 0.15) is 40.5 Å². The van der Waals surface area contributed by atoms with Crippen molar-refractivity contribution in [1.82, 2.24) is 0 Å². The van der Waals surface area contributed by atoms with E-state index in [0.717, 1.165) is 10.5 Å². The first-order valence-electron chi connectivity index (χ1n) is 4.69. The maximum absolute atomic E-state index is 2.28. The van der Waals surface area contributed by atoms with Gasteiger partial charge in [0.25, 0.3) is 0 Å². The molecule has 0 fully saturated rings. The zero-order valence-corrected chi connectivity index (χ0v) is 13.9. The lowest BCUT2D eigenvalue weighted by Crippen LogP contribution is -1.87. The Bertz CT molecular complexity index is 106. The molecule has 14 heavy (non-hydrogen) atoms. The summed E-state index contributed by atoms with van der Waals surface area (Å²) in [6, 6.07) is 0. The molecule has 86 valence electrons. The summed E-state index contributed by atoms with van der Waals surface area (Å²) in [5.41, 5.74) is 0. The largest absolute Gasteiger partial charge is 0.0786 e. The Morgan fingerprint density at radius 3 is 1.36 bits per heavy atom. The van der Waals surface area contributed by atoms with Gasteiger partial charge in [-0.05, 0) is 52.1 Å². The second-order valence-electron chi connectivity index (χ2n) is 2.90. The topological polar surface area (TPSA) is 0 Å². The van der Waals surface area contributed by atoms with Crippen molar-refractivity contribution in [1.29, 1.82) is 0 Å². The molecule has 0 saturated heterocycles. The van der Waals surface area contributed by atoms with Gasteiger partial charge in [0.2, 0.25) is 0 Å². The van der Waals surface area contributed by atoms with Gasteiger partial charge in [0.1, 0.15) is 0 Å². The van der Waals surface area contributed by atoms with Crippen LogP contribution in [0.25, 0.3) is 0 Å². The molecule has 0 bridgehead atoms. The highest BCUT2D eigenvalue weighted by atomic mass is 33.9. The van der Waals surface area contributed by atoms with Gasteiger partial charge in [-0.25, -0.2) is 0 Å². The molecule has 0 aliphatic carbocycles. The van der Waals surface area contributed by atoms with Crippen molar-refractivity contribution in [3.05, 3.63) is 0 Å². The Balaban J connectivity index is 3.06. The molecular formula is C8H18S6. The molecule has 2 atom stereocenters. The first kappa shape index (κ1) is 16.1. The molecular weight excluding hydrogens is 288 g/mol. The van der Waals surface area contributed by atoms with Crippen LogP contribution in [0.5, 0.6) is 0 Å². The standard InChI is InChI=1S/C8H18S6/c1-5-7(3)9-11-13-14-12-10-8(4)6-2/h7-8H,5-6H2,1-4H3. The predicted molar refractivity (Wildman–Crippen MR) is 85.1 cm³/mol. The lowest BCUT2D eigenvalue weighted by atomic mass is 10.4. The lowest BCUT2D eigenvalue weighted by molar-refractivity contribution is 0.912. The molecule has 0 heterocycles. The third-order valence-electron chi connectivity index (χ3n) is 1.64. The Hall–Kier alpha value is 2.10. The molecule has 0 N–H and O–H groups in total. The van der Waals surface area contributed by atoms with Crippen LogP contribution in [0.2, 0.25) is 0 Å². The summed E-state index contributed by atoms with van der Waals surface area (Å²) >= 11 is 0. The molecule has 0 aliphatic rings. The Kier molecular flexibility index (Phi) is 13.3. The average molecular weight is 307 g/mol. The normalized spacial score (nSPS) is 15.4. The predicted octanol–water partition coefficient (Wildman–Crippen LogP) is 6.56. The zero-order chi connectivity index (χ0) is 10.8. The fraction of sp³-hybridized carbons (Fsp3) is 1.00. The third kappa shape index (κ3) is 10.6. The SMILES string of the molecule is CCC(C)SSSSSSC(C)CC. The van der Waals surface area contributed by atoms with Crippen LogP contribution in [0.4, 0.5) is 0 Å². The minimum absolute atomic E-state index is 0.778. The molecule has 0 nitrogen and oxygen atoms in total. The van der Waals surface area contributed by atoms with Crippen LogP contribution in [0.15, 0.2) is 0 Å². The number of hydrogen-bond donors (Lipinski definition) is 0. The van der Waals surface area contributed by atoms with Gasteiger partial charge < -0.3 is 0 Å². The highest BCUT2D eigenvalue weighted by molar-refractivity contribution is 9.41. The first-order chi connectivity index (χ1) is 6.70. The van der Waals surface area contributed by atoms with Crippen molar-refractivity contribution in [2.45, 2.75) is 51.0 Å². The van der Waals surface area contributed by atoms with Crippen molar-refractivity contribution in [3.8, 4) is 0 Å². The molecule has 0 radical (unpaired) electrons. The van der Waals surface area contributed by atoms with Gasteiger partial charge in [-0.3, -0.25) is 0 Å². The second-order valence-corrected chi connectivity index (χ2v) is 13.1. The van der Waals surface area contributed by atoms with Gasteiger partial charge in [0.15, 0.2) is 0 Å².